The molecule has 0 heterocycles. The summed E-state index contributed by atoms with van der Waals surface area (Å²) in [4.78, 5) is 0. The number of hydrogen-bond acceptors (Lipinski definition) is 0. The van der Waals surface area contributed by atoms with Crippen molar-refractivity contribution in [1.82, 2.24) is 0 Å². The van der Waals surface area contributed by atoms with Crippen LogP contribution in [0.4, 0.5) is 0 Å². The molecular formula is C12H5. The molecule has 1 radical (unpaired) electrons. The second-order valence-corrected chi connectivity index (χ2v) is 2.09. The van der Waals surface area contributed by atoms with E-state index in [9.17, 15) is 0 Å². The van der Waals surface area contributed by atoms with Crippen LogP contribution < -0.4 is 0 Å². The maximum atomic E-state index is 5.20. The molecular weight excluding hydrogens is 144 g/mol. The molecule has 0 atom stereocenters. The lowest BCUT2D eigenvalue weighted by Crippen LogP contribution is -1.85. The average molecular weight is 149 g/mol. The van der Waals surface area contributed by atoms with Gasteiger partial charge in [-0.15, -0.1) is 19.3 Å². The first-order chi connectivity index (χ1) is 5.81. The Bertz CT molecular complexity index is 417. The highest BCUT2D eigenvalue weighted by Crippen LogP contribution is 2.07. The van der Waals surface area contributed by atoms with Crippen molar-refractivity contribution in [3.05, 3.63) is 34.9 Å². The van der Waals surface area contributed by atoms with E-state index in [1.54, 1.807) is 12.1 Å². The van der Waals surface area contributed by atoms with Crippen LogP contribution in [0.25, 0.3) is 0 Å². The summed E-state index contributed by atoms with van der Waals surface area (Å²) in [6, 6.07) is 6.29. The zero-order chi connectivity index (χ0) is 8.97. The summed E-state index contributed by atoms with van der Waals surface area (Å²) < 4.78 is 0. The molecule has 1 rings (SSSR count). The largest absolute Gasteiger partial charge is 0.115 e. The molecule has 0 amide bonds. The molecule has 0 spiro atoms. The number of hydrogen-bond donors (Lipinski definition) is 0. The number of terminal acetylenes is 3. The Kier molecular flexibility index (Phi) is 2.23. The van der Waals surface area contributed by atoms with Gasteiger partial charge in [0.2, 0.25) is 0 Å². The second-order valence-electron chi connectivity index (χ2n) is 2.09. The third kappa shape index (κ3) is 1.32. The van der Waals surface area contributed by atoms with Gasteiger partial charge in [0.25, 0.3) is 0 Å². The molecule has 0 saturated heterocycles. The molecule has 0 aliphatic carbocycles. The van der Waals surface area contributed by atoms with Gasteiger partial charge in [0.05, 0.1) is 0 Å². The van der Waals surface area contributed by atoms with Crippen LogP contribution in [0, 0.1) is 43.1 Å². The van der Waals surface area contributed by atoms with Crippen molar-refractivity contribution in [3.63, 3.8) is 0 Å². The minimum absolute atomic E-state index is 0.549. The normalized spacial score (nSPS) is 7.75. The quantitative estimate of drug-likeness (QED) is 0.489. The lowest BCUT2D eigenvalue weighted by Gasteiger charge is -1.95. The first-order valence-corrected chi connectivity index (χ1v) is 3.28. The molecule has 0 N–H and O–H groups in total. The van der Waals surface area contributed by atoms with Gasteiger partial charge >= 0.3 is 0 Å². The SMILES string of the molecule is C#Cc1[c]c(C#C)c(C#C)cc1. The Morgan fingerprint density at radius 3 is 2.25 bits per heavy atom. The highest BCUT2D eigenvalue weighted by molar-refractivity contribution is 5.51. The minimum Gasteiger partial charge on any atom is -0.115 e. The molecule has 0 aliphatic rings. The fraction of sp³-hybridized carbons (Fsp3) is 0. The third-order valence-electron chi connectivity index (χ3n) is 1.40. The topological polar surface area (TPSA) is 0 Å². The van der Waals surface area contributed by atoms with Gasteiger partial charge in [0, 0.05) is 22.8 Å². The summed E-state index contributed by atoms with van der Waals surface area (Å²) >= 11 is 0. The van der Waals surface area contributed by atoms with Crippen LogP contribution in [0.15, 0.2) is 12.1 Å². The predicted octanol–water partition coefficient (Wildman–Crippen LogP) is 1.43. The average Bonchev–Trinajstić information content (AvgIpc) is 2.16. The van der Waals surface area contributed by atoms with Crippen molar-refractivity contribution in [1.29, 1.82) is 0 Å². The number of rotatable bonds is 0. The van der Waals surface area contributed by atoms with E-state index >= 15 is 0 Å². The lowest BCUT2D eigenvalue weighted by molar-refractivity contribution is 1.54. The van der Waals surface area contributed by atoms with Crippen molar-refractivity contribution >= 4 is 0 Å². The zero-order valence-corrected chi connectivity index (χ0v) is 6.39. The van der Waals surface area contributed by atoms with Gasteiger partial charge < -0.3 is 0 Å². The van der Waals surface area contributed by atoms with Crippen LogP contribution in [-0.4, -0.2) is 0 Å². The van der Waals surface area contributed by atoms with Crippen LogP contribution in [0.1, 0.15) is 16.7 Å². The molecule has 0 heteroatoms. The van der Waals surface area contributed by atoms with Crippen molar-refractivity contribution in [2.24, 2.45) is 0 Å². The van der Waals surface area contributed by atoms with E-state index in [0.717, 1.165) is 0 Å². The van der Waals surface area contributed by atoms with Gasteiger partial charge in [-0.1, -0.05) is 17.8 Å². The van der Waals surface area contributed by atoms with Crippen molar-refractivity contribution < 1.29 is 0 Å². The van der Waals surface area contributed by atoms with Gasteiger partial charge in [-0.2, -0.15) is 0 Å². The summed E-state index contributed by atoms with van der Waals surface area (Å²) in [5, 5.41) is 0. The van der Waals surface area contributed by atoms with Crippen LogP contribution in [0.3, 0.4) is 0 Å². The van der Waals surface area contributed by atoms with Crippen molar-refractivity contribution in [2.75, 3.05) is 0 Å². The highest BCUT2D eigenvalue weighted by atomic mass is 14.0. The summed E-state index contributed by atoms with van der Waals surface area (Å²) in [7, 11) is 0. The molecule has 12 heavy (non-hydrogen) atoms. The Morgan fingerprint density at radius 2 is 1.75 bits per heavy atom. The highest BCUT2D eigenvalue weighted by Gasteiger charge is 1.97. The lowest BCUT2D eigenvalue weighted by atomic mass is 10.1. The molecule has 53 valence electrons. The smallest absolute Gasteiger partial charge is 0.0490 e. The molecule has 0 aromatic heterocycles. The zero-order valence-electron chi connectivity index (χ0n) is 6.39. The maximum Gasteiger partial charge on any atom is 0.0490 e. The van der Waals surface area contributed by atoms with Crippen LogP contribution >= 0.6 is 0 Å². The van der Waals surface area contributed by atoms with E-state index in [1.807, 2.05) is 0 Å². The second kappa shape index (κ2) is 3.34. The summed E-state index contributed by atoms with van der Waals surface area (Å²) in [6.07, 6.45) is 15.6. The molecule has 0 unspecified atom stereocenters. The molecule has 0 saturated carbocycles. The Balaban J connectivity index is 3.37. The van der Waals surface area contributed by atoms with Crippen LogP contribution in [0.5, 0.6) is 0 Å². The van der Waals surface area contributed by atoms with Gasteiger partial charge in [-0.05, 0) is 12.1 Å². The Morgan fingerprint density at radius 1 is 1.00 bits per heavy atom. The third-order valence-corrected chi connectivity index (χ3v) is 1.40. The number of benzene rings is 1. The standard InChI is InChI=1S/C12H5/c1-4-10-7-8-11(5-2)12(6-3)9-10/h1-3,7-8H. The van der Waals surface area contributed by atoms with Gasteiger partial charge in [0.15, 0.2) is 0 Å². The monoisotopic (exact) mass is 149 g/mol. The van der Waals surface area contributed by atoms with E-state index in [-0.39, 0.29) is 0 Å². The molecule has 0 nitrogen and oxygen atoms in total. The van der Waals surface area contributed by atoms with Gasteiger partial charge in [0.1, 0.15) is 0 Å². The van der Waals surface area contributed by atoms with Gasteiger partial charge in [-0.3, -0.25) is 0 Å². The van der Waals surface area contributed by atoms with Crippen molar-refractivity contribution in [2.45, 2.75) is 0 Å². The van der Waals surface area contributed by atoms with E-state index in [4.69, 9.17) is 19.3 Å². The summed E-state index contributed by atoms with van der Waals surface area (Å²) in [6.45, 7) is 0. The van der Waals surface area contributed by atoms with E-state index in [0.29, 0.717) is 16.7 Å². The van der Waals surface area contributed by atoms with E-state index < -0.39 is 0 Å². The van der Waals surface area contributed by atoms with Crippen LogP contribution in [0.2, 0.25) is 0 Å². The molecule has 0 aliphatic heterocycles. The fourth-order valence-corrected chi connectivity index (χ4v) is 0.812. The molecule has 1 aromatic carbocycles. The van der Waals surface area contributed by atoms with E-state index in [2.05, 4.69) is 23.8 Å². The molecule has 0 bridgehead atoms. The fourth-order valence-electron chi connectivity index (χ4n) is 0.812. The Labute approximate surface area is 72.6 Å². The molecule has 0 fully saturated rings. The summed E-state index contributed by atoms with van der Waals surface area (Å²) in [5.41, 5.74) is 1.83. The van der Waals surface area contributed by atoms with Crippen molar-refractivity contribution in [3.8, 4) is 37.0 Å². The minimum atomic E-state index is 0.549. The molecule has 1 aromatic rings. The first-order valence-electron chi connectivity index (χ1n) is 3.28. The van der Waals surface area contributed by atoms with E-state index in [1.165, 1.54) is 0 Å². The van der Waals surface area contributed by atoms with Crippen LogP contribution in [-0.2, 0) is 0 Å². The Hall–Kier alpha value is -2.10. The maximum absolute atomic E-state index is 5.20. The first kappa shape index (κ1) is 8.00. The summed E-state index contributed by atoms with van der Waals surface area (Å²) in [5.74, 6) is 7.32. The predicted molar refractivity (Wildman–Crippen MR) is 49.1 cm³/mol. The van der Waals surface area contributed by atoms with Gasteiger partial charge in [-0.25, -0.2) is 0 Å².